The number of rotatable bonds is 3. The molecule has 20 heavy (non-hydrogen) atoms. The molecule has 3 nitrogen and oxygen atoms in total. The van der Waals surface area contributed by atoms with Crippen molar-refractivity contribution in [3.8, 4) is 5.75 Å². The maximum Gasteiger partial charge on any atom is 0.255 e. The number of methoxy groups -OCH3 is 1. The lowest BCUT2D eigenvalue weighted by Crippen LogP contribution is -2.39. The second-order valence-corrected chi connectivity index (χ2v) is 6.46. The van der Waals surface area contributed by atoms with Crippen LogP contribution in [-0.4, -0.2) is 19.1 Å². The number of hydrogen-bond acceptors (Lipinski definition) is 2. The smallest absolute Gasteiger partial charge is 0.255 e. The zero-order chi connectivity index (χ0) is 14.5. The van der Waals surface area contributed by atoms with Crippen LogP contribution in [0.4, 0.5) is 0 Å². The standard InChI is InChI=1S/C16H22BrNO2/c1-11-6-4-3-5-7-14(11)18-16(19)13-9-8-12(17)10-15(13)20-2/h8-11,14H,3-7H2,1-2H3,(H,18,19). The number of amides is 1. The average Bonchev–Trinajstić information content (AvgIpc) is 2.64. The molecule has 1 aliphatic rings. The summed E-state index contributed by atoms with van der Waals surface area (Å²) in [6.45, 7) is 2.23. The van der Waals surface area contributed by atoms with Crippen molar-refractivity contribution in [2.45, 2.75) is 45.1 Å². The number of carbonyl (C=O) groups is 1. The zero-order valence-electron chi connectivity index (χ0n) is 12.1. The lowest BCUT2D eigenvalue weighted by Gasteiger charge is -2.23. The Morgan fingerprint density at radius 3 is 2.80 bits per heavy atom. The number of hydrogen-bond donors (Lipinski definition) is 1. The van der Waals surface area contributed by atoms with E-state index in [0.717, 1.165) is 10.9 Å². The molecule has 1 amide bonds. The quantitative estimate of drug-likeness (QED) is 0.839. The van der Waals surface area contributed by atoms with Gasteiger partial charge in [0.2, 0.25) is 0 Å². The van der Waals surface area contributed by atoms with Gasteiger partial charge in [-0.2, -0.15) is 0 Å². The summed E-state index contributed by atoms with van der Waals surface area (Å²) in [6, 6.07) is 5.78. The molecular weight excluding hydrogens is 318 g/mol. The van der Waals surface area contributed by atoms with E-state index in [0.29, 0.717) is 17.2 Å². The van der Waals surface area contributed by atoms with E-state index in [-0.39, 0.29) is 11.9 Å². The molecule has 1 N–H and O–H groups in total. The minimum atomic E-state index is -0.0342. The minimum Gasteiger partial charge on any atom is -0.496 e. The summed E-state index contributed by atoms with van der Waals surface area (Å²) >= 11 is 3.39. The predicted molar refractivity (Wildman–Crippen MR) is 84.2 cm³/mol. The van der Waals surface area contributed by atoms with Gasteiger partial charge in [0.15, 0.2) is 0 Å². The van der Waals surface area contributed by atoms with Crippen LogP contribution in [-0.2, 0) is 0 Å². The third-order valence-corrected chi connectivity index (χ3v) is 4.58. The van der Waals surface area contributed by atoms with Crippen LogP contribution < -0.4 is 10.1 Å². The molecule has 0 radical (unpaired) electrons. The zero-order valence-corrected chi connectivity index (χ0v) is 13.7. The lowest BCUT2D eigenvalue weighted by atomic mass is 9.96. The fraction of sp³-hybridized carbons (Fsp3) is 0.562. The van der Waals surface area contributed by atoms with Crippen LogP contribution in [0.25, 0.3) is 0 Å². The van der Waals surface area contributed by atoms with Gasteiger partial charge in [0, 0.05) is 10.5 Å². The molecule has 0 bridgehead atoms. The van der Waals surface area contributed by atoms with Crippen molar-refractivity contribution in [1.29, 1.82) is 0 Å². The van der Waals surface area contributed by atoms with Gasteiger partial charge in [0.1, 0.15) is 5.75 Å². The van der Waals surface area contributed by atoms with Crippen molar-refractivity contribution in [2.75, 3.05) is 7.11 Å². The Bertz CT molecular complexity index is 476. The summed E-state index contributed by atoms with van der Waals surface area (Å²) in [5.74, 6) is 1.12. The highest BCUT2D eigenvalue weighted by atomic mass is 79.9. The first-order chi connectivity index (χ1) is 9.61. The molecule has 0 spiro atoms. The monoisotopic (exact) mass is 339 g/mol. The van der Waals surface area contributed by atoms with Crippen LogP contribution in [0, 0.1) is 5.92 Å². The number of carbonyl (C=O) groups excluding carboxylic acids is 1. The Hall–Kier alpha value is -1.03. The van der Waals surface area contributed by atoms with Crippen LogP contribution in [0.3, 0.4) is 0 Å². The van der Waals surface area contributed by atoms with E-state index in [4.69, 9.17) is 4.74 Å². The highest BCUT2D eigenvalue weighted by Crippen LogP contribution is 2.26. The first-order valence-electron chi connectivity index (χ1n) is 7.26. The average molecular weight is 340 g/mol. The summed E-state index contributed by atoms with van der Waals surface area (Å²) in [7, 11) is 1.59. The maximum atomic E-state index is 12.5. The van der Waals surface area contributed by atoms with Gasteiger partial charge < -0.3 is 10.1 Å². The van der Waals surface area contributed by atoms with Gasteiger partial charge in [0.25, 0.3) is 5.91 Å². The Morgan fingerprint density at radius 1 is 1.30 bits per heavy atom. The van der Waals surface area contributed by atoms with E-state index in [9.17, 15) is 4.79 Å². The van der Waals surface area contributed by atoms with Gasteiger partial charge in [-0.25, -0.2) is 0 Å². The van der Waals surface area contributed by atoms with E-state index in [1.54, 1.807) is 13.2 Å². The van der Waals surface area contributed by atoms with E-state index in [1.165, 1.54) is 25.7 Å². The number of benzene rings is 1. The fourth-order valence-corrected chi connectivity index (χ4v) is 3.15. The van der Waals surface area contributed by atoms with Crippen molar-refractivity contribution in [3.63, 3.8) is 0 Å². The molecular formula is C16H22BrNO2. The molecule has 0 saturated heterocycles. The van der Waals surface area contributed by atoms with Gasteiger partial charge in [0.05, 0.1) is 12.7 Å². The second kappa shape index (κ2) is 7.11. The van der Waals surface area contributed by atoms with Gasteiger partial charge in [-0.3, -0.25) is 4.79 Å². The molecule has 2 atom stereocenters. The van der Waals surface area contributed by atoms with Crippen molar-refractivity contribution in [3.05, 3.63) is 28.2 Å². The van der Waals surface area contributed by atoms with Gasteiger partial charge in [-0.15, -0.1) is 0 Å². The molecule has 0 heterocycles. The largest absolute Gasteiger partial charge is 0.496 e. The Labute approximate surface area is 129 Å². The van der Waals surface area contributed by atoms with Crippen molar-refractivity contribution in [2.24, 2.45) is 5.92 Å². The molecule has 2 unspecified atom stereocenters. The van der Waals surface area contributed by atoms with Crippen molar-refractivity contribution in [1.82, 2.24) is 5.32 Å². The summed E-state index contributed by atoms with van der Waals surface area (Å²) in [5.41, 5.74) is 0.604. The molecule has 4 heteroatoms. The van der Waals surface area contributed by atoms with Crippen LogP contribution in [0.15, 0.2) is 22.7 Å². The first-order valence-corrected chi connectivity index (χ1v) is 8.05. The third kappa shape index (κ3) is 3.75. The SMILES string of the molecule is COc1cc(Br)ccc1C(=O)NC1CCCCCC1C. The molecule has 1 aliphatic carbocycles. The van der Waals surface area contributed by atoms with E-state index >= 15 is 0 Å². The summed E-state index contributed by atoms with van der Waals surface area (Å²) < 4.78 is 6.21. The molecule has 110 valence electrons. The summed E-state index contributed by atoms with van der Waals surface area (Å²) in [6.07, 6.45) is 6.02. The van der Waals surface area contributed by atoms with E-state index < -0.39 is 0 Å². The van der Waals surface area contributed by atoms with Crippen LogP contribution >= 0.6 is 15.9 Å². The highest BCUT2D eigenvalue weighted by Gasteiger charge is 2.23. The summed E-state index contributed by atoms with van der Waals surface area (Å²) in [5, 5.41) is 3.18. The van der Waals surface area contributed by atoms with Crippen LogP contribution in [0.1, 0.15) is 49.4 Å². The second-order valence-electron chi connectivity index (χ2n) is 5.54. The molecule has 1 saturated carbocycles. The molecule has 1 aromatic rings. The van der Waals surface area contributed by atoms with Gasteiger partial charge in [-0.05, 0) is 37.0 Å². The fourth-order valence-electron chi connectivity index (χ4n) is 2.81. The molecule has 2 rings (SSSR count). The van der Waals surface area contributed by atoms with Gasteiger partial charge >= 0.3 is 0 Å². The summed E-state index contributed by atoms with van der Waals surface area (Å²) in [4.78, 5) is 12.5. The van der Waals surface area contributed by atoms with Crippen LogP contribution in [0.5, 0.6) is 5.75 Å². The van der Waals surface area contributed by atoms with E-state index in [2.05, 4.69) is 28.2 Å². The van der Waals surface area contributed by atoms with Crippen LogP contribution in [0.2, 0.25) is 0 Å². The normalized spacial score (nSPS) is 22.9. The topological polar surface area (TPSA) is 38.3 Å². The first kappa shape index (κ1) is 15.4. The van der Waals surface area contributed by atoms with Crippen molar-refractivity contribution >= 4 is 21.8 Å². The minimum absolute atomic E-state index is 0.0342. The predicted octanol–water partition coefficient (Wildman–Crippen LogP) is 4.16. The molecule has 0 aromatic heterocycles. The Kier molecular flexibility index (Phi) is 5.46. The van der Waals surface area contributed by atoms with Crippen molar-refractivity contribution < 1.29 is 9.53 Å². The molecule has 1 aromatic carbocycles. The third-order valence-electron chi connectivity index (χ3n) is 4.09. The Balaban J connectivity index is 2.11. The molecule has 1 fully saturated rings. The lowest BCUT2D eigenvalue weighted by molar-refractivity contribution is 0.0918. The number of halogens is 1. The van der Waals surface area contributed by atoms with E-state index in [1.807, 2.05) is 12.1 Å². The number of ether oxygens (including phenoxy) is 1. The maximum absolute atomic E-state index is 12.5. The Morgan fingerprint density at radius 2 is 2.05 bits per heavy atom. The number of nitrogens with one attached hydrogen (secondary N) is 1. The molecule has 0 aliphatic heterocycles. The highest BCUT2D eigenvalue weighted by molar-refractivity contribution is 9.10. The van der Waals surface area contributed by atoms with Gasteiger partial charge in [-0.1, -0.05) is 42.1 Å².